The van der Waals surface area contributed by atoms with Gasteiger partial charge in [0.2, 0.25) is 0 Å². The molecule has 3 rings (SSSR count). The first-order chi connectivity index (χ1) is 12.5. The van der Waals surface area contributed by atoms with Crippen LogP contribution in [0.1, 0.15) is 29.2 Å². The molecule has 0 spiro atoms. The largest absolute Gasteiger partial charge is 0.481 e. The van der Waals surface area contributed by atoms with Crippen LogP contribution < -0.4 is 0 Å². The van der Waals surface area contributed by atoms with Crippen LogP contribution in [0.2, 0.25) is 0 Å². The molecule has 0 aliphatic heterocycles. The number of ketones is 1. The number of aromatic nitrogens is 1. The van der Waals surface area contributed by atoms with Gasteiger partial charge < -0.3 is 5.11 Å². The van der Waals surface area contributed by atoms with E-state index in [-0.39, 0.29) is 18.6 Å². The molecule has 2 aromatic carbocycles. The van der Waals surface area contributed by atoms with Crippen LogP contribution in [-0.2, 0) is 16.0 Å². The molecule has 1 heterocycles. The Hall–Kier alpha value is -2.79. The Morgan fingerprint density at radius 1 is 1.12 bits per heavy atom. The fourth-order valence-electron chi connectivity index (χ4n) is 2.83. The van der Waals surface area contributed by atoms with Crippen molar-refractivity contribution in [2.45, 2.75) is 25.7 Å². The number of nitrogens with zero attached hydrogens (tertiary/aromatic N) is 1. The van der Waals surface area contributed by atoms with E-state index in [4.69, 9.17) is 0 Å². The molecule has 0 saturated heterocycles. The van der Waals surface area contributed by atoms with Crippen LogP contribution in [0.3, 0.4) is 0 Å². The SMILES string of the molecule is Cc1cccc(-c2nc(CC(=O)C[C@@H](C(=O)O)c3ccccc3)cs2)c1. The number of benzene rings is 2. The lowest BCUT2D eigenvalue weighted by molar-refractivity contribution is -0.140. The Morgan fingerprint density at radius 3 is 2.58 bits per heavy atom. The quantitative estimate of drug-likeness (QED) is 0.670. The summed E-state index contributed by atoms with van der Waals surface area (Å²) in [4.78, 5) is 28.5. The van der Waals surface area contributed by atoms with Crippen molar-refractivity contribution in [3.63, 3.8) is 0 Å². The Balaban J connectivity index is 1.69. The summed E-state index contributed by atoms with van der Waals surface area (Å²) in [6, 6.07) is 16.9. The van der Waals surface area contributed by atoms with Crippen LogP contribution in [0.25, 0.3) is 10.6 Å². The van der Waals surface area contributed by atoms with Crippen LogP contribution >= 0.6 is 11.3 Å². The smallest absolute Gasteiger partial charge is 0.311 e. The van der Waals surface area contributed by atoms with Gasteiger partial charge in [0.15, 0.2) is 0 Å². The van der Waals surface area contributed by atoms with Gasteiger partial charge in [-0.15, -0.1) is 11.3 Å². The second-order valence-electron chi connectivity index (χ2n) is 6.23. The monoisotopic (exact) mass is 365 g/mol. The number of carbonyl (C=O) groups excluding carboxylic acids is 1. The second kappa shape index (κ2) is 8.06. The molecular weight excluding hydrogens is 346 g/mol. The van der Waals surface area contributed by atoms with E-state index >= 15 is 0 Å². The maximum absolute atomic E-state index is 12.4. The van der Waals surface area contributed by atoms with Crippen molar-refractivity contribution in [3.05, 3.63) is 76.8 Å². The minimum absolute atomic E-state index is 0.0311. The van der Waals surface area contributed by atoms with Crippen molar-refractivity contribution in [3.8, 4) is 10.6 Å². The zero-order chi connectivity index (χ0) is 18.5. The minimum Gasteiger partial charge on any atom is -0.481 e. The number of aryl methyl sites for hydroxylation is 1. The number of aliphatic carboxylic acids is 1. The zero-order valence-electron chi connectivity index (χ0n) is 14.4. The van der Waals surface area contributed by atoms with Gasteiger partial charge in [0.05, 0.1) is 11.6 Å². The van der Waals surface area contributed by atoms with Crippen molar-refractivity contribution in [2.75, 3.05) is 0 Å². The first-order valence-corrected chi connectivity index (χ1v) is 9.22. The van der Waals surface area contributed by atoms with E-state index in [2.05, 4.69) is 11.1 Å². The Morgan fingerprint density at radius 2 is 1.88 bits per heavy atom. The van der Waals surface area contributed by atoms with Crippen LogP contribution in [-0.4, -0.2) is 21.8 Å². The van der Waals surface area contributed by atoms with Gasteiger partial charge in [-0.25, -0.2) is 4.98 Å². The van der Waals surface area contributed by atoms with Gasteiger partial charge in [-0.2, -0.15) is 0 Å². The van der Waals surface area contributed by atoms with Crippen molar-refractivity contribution >= 4 is 23.1 Å². The number of carboxylic acid groups (broad SMARTS) is 1. The molecule has 3 aromatic rings. The van der Waals surface area contributed by atoms with Crippen LogP contribution in [0.15, 0.2) is 60.0 Å². The van der Waals surface area contributed by atoms with E-state index in [1.165, 1.54) is 11.3 Å². The van der Waals surface area contributed by atoms with E-state index in [0.29, 0.717) is 11.3 Å². The van der Waals surface area contributed by atoms with Gasteiger partial charge in [0.25, 0.3) is 0 Å². The summed E-state index contributed by atoms with van der Waals surface area (Å²) in [5.41, 5.74) is 3.52. The highest BCUT2D eigenvalue weighted by molar-refractivity contribution is 7.13. The standard InChI is InChI=1S/C21H19NO3S/c1-14-6-5-9-16(10-14)20-22-17(13-26-20)11-18(23)12-19(21(24)25)15-7-3-2-4-8-15/h2-10,13,19H,11-12H2,1H3,(H,24,25)/t19-/m1/s1. The molecule has 4 nitrogen and oxygen atoms in total. The summed E-state index contributed by atoms with van der Waals surface area (Å²) in [6.07, 6.45) is 0.121. The van der Waals surface area contributed by atoms with Gasteiger partial charge in [-0.05, 0) is 18.6 Å². The number of carbonyl (C=O) groups is 2. The summed E-state index contributed by atoms with van der Waals surface area (Å²) in [5, 5.41) is 12.2. The van der Waals surface area contributed by atoms with Crippen molar-refractivity contribution in [1.82, 2.24) is 4.98 Å². The summed E-state index contributed by atoms with van der Waals surface area (Å²) in [6.45, 7) is 2.02. The third-order valence-corrected chi connectivity index (χ3v) is 5.07. The molecule has 1 N–H and O–H groups in total. The van der Waals surface area contributed by atoms with Crippen molar-refractivity contribution < 1.29 is 14.7 Å². The first-order valence-electron chi connectivity index (χ1n) is 8.34. The van der Waals surface area contributed by atoms with Gasteiger partial charge in [-0.3, -0.25) is 9.59 Å². The van der Waals surface area contributed by atoms with Gasteiger partial charge in [0.1, 0.15) is 10.8 Å². The van der Waals surface area contributed by atoms with E-state index < -0.39 is 11.9 Å². The molecule has 0 fully saturated rings. The fraction of sp³-hybridized carbons (Fsp3) is 0.190. The van der Waals surface area contributed by atoms with Crippen LogP contribution in [0.5, 0.6) is 0 Å². The molecule has 1 aromatic heterocycles. The van der Waals surface area contributed by atoms with Crippen molar-refractivity contribution in [2.24, 2.45) is 0 Å². The topological polar surface area (TPSA) is 67.3 Å². The van der Waals surface area contributed by atoms with Gasteiger partial charge in [-0.1, -0.05) is 54.1 Å². The molecule has 0 amide bonds. The van der Waals surface area contributed by atoms with Gasteiger partial charge >= 0.3 is 5.97 Å². The van der Waals surface area contributed by atoms with E-state index in [0.717, 1.165) is 16.1 Å². The number of Topliss-reactive ketones (excluding diaryl/α,β-unsaturated/α-hetero) is 1. The summed E-state index contributed by atoms with van der Waals surface area (Å²) in [7, 11) is 0. The second-order valence-corrected chi connectivity index (χ2v) is 7.09. The molecule has 0 unspecified atom stereocenters. The maximum atomic E-state index is 12.4. The summed E-state index contributed by atoms with van der Waals surface area (Å²) < 4.78 is 0. The highest BCUT2D eigenvalue weighted by atomic mass is 32.1. The molecular formula is C21H19NO3S. The molecule has 1 atom stereocenters. The Bertz CT molecular complexity index is 918. The molecule has 0 radical (unpaired) electrons. The predicted octanol–water partition coefficient (Wildman–Crippen LogP) is 4.49. The van der Waals surface area contributed by atoms with Crippen LogP contribution in [0.4, 0.5) is 0 Å². The predicted molar refractivity (Wildman–Crippen MR) is 102 cm³/mol. The normalized spacial score (nSPS) is 11.9. The zero-order valence-corrected chi connectivity index (χ0v) is 15.2. The number of thiazole rings is 1. The molecule has 0 bridgehead atoms. The lowest BCUT2D eigenvalue weighted by atomic mass is 9.93. The summed E-state index contributed by atoms with van der Waals surface area (Å²) >= 11 is 1.50. The van der Waals surface area contributed by atoms with E-state index in [9.17, 15) is 14.7 Å². The molecule has 5 heteroatoms. The maximum Gasteiger partial charge on any atom is 0.311 e. The molecule has 26 heavy (non-hydrogen) atoms. The molecule has 0 aliphatic carbocycles. The highest BCUT2D eigenvalue weighted by Gasteiger charge is 2.23. The lowest BCUT2D eigenvalue weighted by Gasteiger charge is -2.11. The summed E-state index contributed by atoms with van der Waals surface area (Å²) in [5.74, 6) is -1.93. The minimum atomic E-state index is -0.983. The third-order valence-electron chi connectivity index (χ3n) is 4.13. The average molecular weight is 365 g/mol. The lowest BCUT2D eigenvalue weighted by Crippen LogP contribution is -2.17. The fourth-order valence-corrected chi connectivity index (χ4v) is 3.65. The molecule has 0 aliphatic rings. The number of hydrogen-bond donors (Lipinski definition) is 1. The third kappa shape index (κ3) is 4.43. The number of rotatable bonds is 7. The first kappa shape index (κ1) is 18.0. The number of hydrogen-bond acceptors (Lipinski definition) is 4. The average Bonchev–Trinajstić information content (AvgIpc) is 3.08. The van der Waals surface area contributed by atoms with Crippen molar-refractivity contribution in [1.29, 1.82) is 0 Å². The number of carboxylic acids is 1. The Kier molecular flexibility index (Phi) is 5.58. The highest BCUT2D eigenvalue weighted by Crippen LogP contribution is 2.26. The van der Waals surface area contributed by atoms with Gasteiger partial charge in [0, 0.05) is 23.8 Å². The Labute approximate surface area is 156 Å². The van der Waals surface area contributed by atoms with Crippen LogP contribution in [0, 0.1) is 6.92 Å². The van der Waals surface area contributed by atoms with E-state index in [1.54, 1.807) is 24.3 Å². The molecule has 132 valence electrons. The molecule has 0 saturated carbocycles. The van der Waals surface area contributed by atoms with E-state index in [1.807, 2.05) is 36.6 Å².